The third kappa shape index (κ3) is 2.11. The first kappa shape index (κ1) is 11.9. The molecule has 2 heteroatoms. The third-order valence-corrected chi connectivity index (χ3v) is 4.40. The topological polar surface area (TPSA) is 23.5 Å². The van der Waals surface area contributed by atoms with Crippen molar-refractivity contribution in [1.29, 1.82) is 0 Å². The summed E-state index contributed by atoms with van der Waals surface area (Å²) in [6.45, 7) is 6.10. The molecule has 0 radical (unpaired) electrons. The molecule has 2 fully saturated rings. The fraction of sp³-hybridized carbons (Fsp3) is 0.500. The van der Waals surface area contributed by atoms with Crippen LogP contribution in [0, 0.1) is 5.92 Å². The Hall–Kier alpha value is -1.12. The normalized spacial score (nSPS) is 32.5. The lowest BCUT2D eigenvalue weighted by Crippen LogP contribution is -2.40. The zero-order valence-corrected chi connectivity index (χ0v) is 10.8. The lowest BCUT2D eigenvalue weighted by atomic mass is 9.81. The van der Waals surface area contributed by atoms with Gasteiger partial charge in [0, 0.05) is 25.0 Å². The summed E-state index contributed by atoms with van der Waals surface area (Å²) < 4.78 is 0. The van der Waals surface area contributed by atoms with Crippen LogP contribution in [0.2, 0.25) is 0 Å². The Kier molecular flexibility index (Phi) is 3.23. The number of rotatable bonds is 2. The summed E-state index contributed by atoms with van der Waals surface area (Å²) in [5.74, 6) is 0.308. The van der Waals surface area contributed by atoms with Crippen molar-refractivity contribution in [3.8, 4) is 0 Å². The highest BCUT2D eigenvalue weighted by molar-refractivity contribution is 5.21. The van der Waals surface area contributed by atoms with E-state index in [1.807, 2.05) is 0 Å². The fourth-order valence-electron chi connectivity index (χ4n) is 3.58. The van der Waals surface area contributed by atoms with Crippen LogP contribution in [0.5, 0.6) is 0 Å². The van der Waals surface area contributed by atoms with Crippen molar-refractivity contribution in [2.75, 3.05) is 6.54 Å². The van der Waals surface area contributed by atoms with E-state index in [0.717, 1.165) is 25.9 Å². The van der Waals surface area contributed by atoms with E-state index in [1.165, 1.54) is 17.6 Å². The lowest BCUT2D eigenvalue weighted by molar-refractivity contribution is 0.0487. The summed E-state index contributed by atoms with van der Waals surface area (Å²) in [4.78, 5) is 2.49. The van der Waals surface area contributed by atoms with Crippen LogP contribution in [0.25, 0.3) is 0 Å². The molecule has 1 aliphatic carbocycles. The van der Waals surface area contributed by atoms with Crippen molar-refractivity contribution in [3.05, 3.63) is 48.0 Å². The van der Waals surface area contributed by atoms with Gasteiger partial charge in [-0.2, -0.15) is 0 Å². The predicted molar refractivity (Wildman–Crippen MR) is 73.1 cm³/mol. The summed E-state index contributed by atoms with van der Waals surface area (Å²) >= 11 is 0. The minimum absolute atomic E-state index is 0.169. The molecule has 0 spiro atoms. The first-order valence-corrected chi connectivity index (χ1v) is 6.89. The van der Waals surface area contributed by atoms with E-state index in [2.05, 4.69) is 41.8 Å². The Bertz CT molecular complexity index is 428. The van der Waals surface area contributed by atoms with Crippen LogP contribution in [-0.2, 0) is 6.54 Å². The quantitative estimate of drug-likeness (QED) is 0.807. The number of likely N-dealkylation sites (tertiary alicyclic amines) is 1. The average Bonchev–Trinajstić information content (AvgIpc) is 2.69. The van der Waals surface area contributed by atoms with Gasteiger partial charge in [-0.15, -0.1) is 0 Å². The van der Waals surface area contributed by atoms with Crippen LogP contribution in [0.3, 0.4) is 0 Å². The summed E-state index contributed by atoms with van der Waals surface area (Å²) in [5, 5.41) is 10.1. The smallest absolute Gasteiger partial charge is 0.0620 e. The average molecular weight is 243 g/mol. The number of hydrogen-bond acceptors (Lipinski definition) is 2. The molecule has 0 unspecified atom stereocenters. The van der Waals surface area contributed by atoms with Crippen LogP contribution < -0.4 is 0 Å². The number of hydrogen-bond donors (Lipinski definition) is 1. The van der Waals surface area contributed by atoms with E-state index in [-0.39, 0.29) is 6.10 Å². The number of nitrogens with zero attached hydrogens (tertiary/aromatic N) is 1. The molecule has 1 N–H and O–H groups in total. The van der Waals surface area contributed by atoms with E-state index >= 15 is 0 Å². The molecule has 2 aliphatic rings. The predicted octanol–water partition coefficient (Wildman–Crippen LogP) is 2.59. The number of benzene rings is 1. The molecule has 1 saturated heterocycles. The van der Waals surface area contributed by atoms with Crippen LogP contribution in [-0.4, -0.2) is 28.7 Å². The molecule has 0 amide bonds. The van der Waals surface area contributed by atoms with Gasteiger partial charge in [0.25, 0.3) is 0 Å². The van der Waals surface area contributed by atoms with Gasteiger partial charge in [0.1, 0.15) is 0 Å². The molecule has 1 saturated carbocycles. The Labute approximate surface area is 109 Å². The van der Waals surface area contributed by atoms with E-state index in [4.69, 9.17) is 0 Å². The lowest BCUT2D eigenvalue weighted by Gasteiger charge is -2.34. The highest BCUT2D eigenvalue weighted by Gasteiger charge is 2.42. The van der Waals surface area contributed by atoms with Crippen molar-refractivity contribution in [2.24, 2.45) is 5.92 Å². The third-order valence-electron chi connectivity index (χ3n) is 4.40. The van der Waals surface area contributed by atoms with Crippen molar-refractivity contribution in [1.82, 2.24) is 4.90 Å². The molecule has 0 aromatic heterocycles. The number of fused-ring (bicyclic) bond motifs is 1. The largest absolute Gasteiger partial charge is 0.392 e. The van der Waals surface area contributed by atoms with Gasteiger partial charge in [0.05, 0.1) is 6.10 Å². The molecule has 96 valence electrons. The second-order valence-corrected chi connectivity index (χ2v) is 5.64. The van der Waals surface area contributed by atoms with Gasteiger partial charge in [-0.05, 0) is 24.8 Å². The summed E-state index contributed by atoms with van der Waals surface area (Å²) in [5.41, 5.74) is 2.58. The van der Waals surface area contributed by atoms with Crippen molar-refractivity contribution < 1.29 is 5.11 Å². The molecule has 18 heavy (non-hydrogen) atoms. The van der Waals surface area contributed by atoms with Crippen molar-refractivity contribution in [2.45, 2.75) is 38.0 Å². The Morgan fingerprint density at radius 1 is 1.22 bits per heavy atom. The molecule has 0 bridgehead atoms. The highest BCUT2D eigenvalue weighted by Crippen LogP contribution is 2.39. The summed E-state index contributed by atoms with van der Waals surface area (Å²) in [6.07, 6.45) is 3.12. The fourth-order valence-corrected chi connectivity index (χ4v) is 3.58. The maximum absolute atomic E-state index is 10.1. The van der Waals surface area contributed by atoms with Gasteiger partial charge >= 0.3 is 0 Å². The zero-order valence-electron chi connectivity index (χ0n) is 10.8. The van der Waals surface area contributed by atoms with Gasteiger partial charge < -0.3 is 5.11 Å². The van der Waals surface area contributed by atoms with E-state index in [1.54, 1.807) is 0 Å². The Balaban J connectivity index is 1.76. The molecular weight excluding hydrogens is 222 g/mol. The summed E-state index contributed by atoms with van der Waals surface area (Å²) in [6, 6.07) is 11.1. The van der Waals surface area contributed by atoms with Gasteiger partial charge in [-0.3, -0.25) is 4.90 Å². The zero-order chi connectivity index (χ0) is 12.5. The molecule has 2 nitrogen and oxygen atoms in total. The molecule has 1 aromatic rings. The molecule has 1 aliphatic heterocycles. The Morgan fingerprint density at radius 2 is 2.00 bits per heavy atom. The van der Waals surface area contributed by atoms with Crippen LogP contribution >= 0.6 is 0 Å². The second kappa shape index (κ2) is 4.87. The standard InChI is InChI=1S/C16H21NO/c1-12-10-17(11-13-6-3-2-4-7-13)14-8-5-9-15(18)16(12)14/h2-4,6-7,14-16,18H,1,5,8-11H2/t14-,15+,16-/m0/s1. The molecule has 3 rings (SSSR count). The van der Waals surface area contributed by atoms with E-state index < -0.39 is 0 Å². The molecule has 1 aromatic carbocycles. The van der Waals surface area contributed by atoms with E-state index in [0.29, 0.717) is 12.0 Å². The van der Waals surface area contributed by atoms with Gasteiger partial charge in [-0.1, -0.05) is 42.5 Å². The Morgan fingerprint density at radius 3 is 2.78 bits per heavy atom. The molecule has 1 heterocycles. The molecular formula is C16H21NO. The van der Waals surface area contributed by atoms with Gasteiger partial charge in [-0.25, -0.2) is 0 Å². The summed E-state index contributed by atoms with van der Waals surface area (Å²) in [7, 11) is 0. The SMILES string of the molecule is C=C1CN(Cc2ccccc2)[C@H]2CCC[C@@H](O)[C@@H]12. The van der Waals surface area contributed by atoms with Crippen molar-refractivity contribution in [3.63, 3.8) is 0 Å². The van der Waals surface area contributed by atoms with Crippen molar-refractivity contribution >= 4 is 0 Å². The van der Waals surface area contributed by atoms with Gasteiger partial charge in [0.2, 0.25) is 0 Å². The highest BCUT2D eigenvalue weighted by atomic mass is 16.3. The monoisotopic (exact) mass is 243 g/mol. The minimum Gasteiger partial charge on any atom is -0.392 e. The number of aliphatic hydroxyl groups excluding tert-OH is 1. The van der Waals surface area contributed by atoms with Crippen LogP contribution in [0.15, 0.2) is 42.5 Å². The van der Waals surface area contributed by atoms with E-state index in [9.17, 15) is 5.11 Å². The maximum atomic E-state index is 10.1. The molecule has 3 atom stereocenters. The maximum Gasteiger partial charge on any atom is 0.0620 e. The van der Waals surface area contributed by atoms with Crippen LogP contribution in [0.4, 0.5) is 0 Å². The van der Waals surface area contributed by atoms with Gasteiger partial charge in [0.15, 0.2) is 0 Å². The van der Waals surface area contributed by atoms with Crippen LogP contribution in [0.1, 0.15) is 24.8 Å². The number of aliphatic hydroxyl groups is 1. The minimum atomic E-state index is -0.169. The first-order valence-electron chi connectivity index (χ1n) is 6.89. The second-order valence-electron chi connectivity index (χ2n) is 5.64. The first-order chi connectivity index (χ1) is 8.75.